The summed E-state index contributed by atoms with van der Waals surface area (Å²) in [6.45, 7) is 3.20. The van der Waals surface area contributed by atoms with Crippen molar-refractivity contribution in [3.05, 3.63) is 23.3 Å². The van der Waals surface area contributed by atoms with Crippen LogP contribution in [0.2, 0.25) is 0 Å². The van der Waals surface area contributed by atoms with E-state index in [1.807, 2.05) is 0 Å². The Kier molecular flexibility index (Phi) is 2.32. The van der Waals surface area contributed by atoms with Crippen molar-refractivity contribution in [1.82, 2.24) is 0 Å². The Bertz CT molecular complexity index is 437. The fourth-order valence-electron chi connectivity index (χ4n) is 1.13. The zero-order valence-corrected chi connectivity index (χ0v) is 8.22. The summed E-state index contributed by atoms with van der Waals surface area (Å²) in [5.74, 6) is -0.262. The smallest absolute Gasteiger partial charge is 0.242 e. The number of benzene rings is 1. The fraction of sp³-hybridized carbons (Fsp3) is 0.250. The molecule has 0 fully saturated rings. The summed E-state index contributed by atoms with van der Waals surface area (Å²) in [6.07, 6.45) is 0. The number of aromatic hydroxyl groups is 1. The van der Waals surface area contributed by atoms with Crippen LogP contribution >= 0.6 is 0 Å². The molecule has 0 aliphatic carbocycles. The highest BCUT2D eigenvalue weighted by molar-refractivity contribution is 7.89. The number of primary sulfonamides is 1. The molecular formula is C8H11NO3S. The average Bonchev–Trinajstić information content (AvgIpc) is 1.95. The molecule has 0 spiro atoms. The first-order valence-electron chi connectivity index (χ1n) is 3.66. The van der Waals surface area contributed by atoms with Gasteiger partial charge in [0.25, 0.3) is 0 Å². The van der Waals surface area contributed by atoms with Gasteiger partial charge in [-0.25, -0.2) is 13.6 Å². The molecule has 0 saturated carbocycles. The molecule has 0 bridgehead atoms. The van der Waals surface area contributed by atoms with Crippen molar-refractivity contribution in [2.75, 3.05) is 0 Å². The van der Waals surface area contributed by atoms with E-state index in [0.717, 1.165) is 0 Å². The standard InChI is InChI=1S/C8H11NO3S/c1-5-3-4-6(2)8(7(5)10)13(9,11)12/h3-4,10H,1-2H3,(H2,9,11,12). The van der Waals surface area contributed by atoms with Gasteiger partial charge in [0.05, 0.1) is 0 Å². The van der Waals surface area contributed by atoms with Gasteiger partial charge in [-0.3, -0.25) is 0 Å². The van der Waals surface area contributed by atoms with Gasteiger partial charge in [0, 0.05) is 0 Å². The van der Waals surface area contributed by atoms with E-state index in [1.165, 1.54) is 0 Å². The maximum Gasteiger partial charge on any atom is 0.242 e. The molecule has 0 aliphatic heterocycles. The fourth-order valence-corrected chi connectivity index (χ4v) is 2.08. The quantitative estimate of drug-likeness (QED) is 0.700. The van der Waals surface area contributed by atoms with E-state index in [2.05, 4.69) is 0 Å². The number of phenols is 1. The molecular weight excluding hydrogens is 190 g/mol. The first kappa shape index (κ1) is 10.0. The number of sulfonamides is 1. The molecule has 0 saturated heterocycles. The van der Waals surface area contributed by atoms with E-state index in [1.54, 1.807) is 26.0 Å². The van der Waals surface area contributed by atoms with Crippen LogP contribution in [-0.2, 0) is 10.0 Å². The van der Waals surface area contributed by atoms with Crippen LogP contribution in [0.25, 0.3) is 0 Å². The van der Waals surface area contributed by atoms with Gasteiger partial charge in [0.2, 0.25) is 10.0 Å². The highest BCUT2D eigenvalue weighted by Crippen LogP contribution is 2.28. The molecule has 3 N–H and O–H groups in total. The Morgan fingerprint density at radius 1 is 1.23 bits per heavy atom. The van der Waals surface area contributed by atoms with Crippen molar-refractivity contribution >= 4 is 10.0 Å². The molecule has 0 heterocycles. The van der Waals surface area contributed by atoms with Gasteiger partial charge < -0.3 is 5.11 Å². The van der Waals surface area contributed by atoms with Gasteiger partial charge in [-0.15, -0.1) is 0 Å². The number of aryl methyl sites for hydroxylation is 2. The normalized spacial score (nSPS) is 11.6. The molecule has 0 atom stereocenters. The number of rotatable bonds is 1. The van der Waals surface area contributed by atoms with Crippen LogP contribution in [0, 0.1) is 13.8 Å². The van der Waals surface area contributed by atoms with Crippen molar-refractivity contribution in [2.45, 2.75) is 18.7 Å². The molecule has 0 unspecified atom stereocenters. The van der Waals surface area contributed by atoms with Gasteiger partial charge in [-0.05, 0) is 25.0 Å². The summed E-state index contributed by atoms with van der Waals surface area (Å²) >= 11 is 0. The Morgan fingerprint density at radius 3 is 2.08 bits per heavy atom. The molecule has 0 aromatic heterocycles. The summed E-state index contributed by atoms with van der Waals surface area (Å²) in [4.78, 5) is -0.187. The van der Waals surface area contributed by atoms with Crippen molar-refractivity contribution < 1.29 is 13.5 Å². The Balaban J connectivity index is 3.62. The Hall–Kier alpha value is -1.07. The van der Waals surface area contributed by atoms with Crippen LogP contribution in [0.4, 0.5) is 0 Å². The predicted molar refractivity (Wildman–Crippen MR) is 49.0 cm³/mol. The van der Waals surface area contributed by atoms with Crippen LogP contribution in [0.15, 0.2) is 17.0 Å². The molecule has 1 aromatic carbocycles. The monoisotopic (exact) mass is 201 g/mol. The molecule has 1 aromatic rings. The van der Waals surface area contributed by atoms with Crippen molar-refractivity contribution in [2.24, 2.45) is 5.14 Å². The van der Waals surface area contributed by atoms with Gasteiger partial charge in [0.15, 0.2) is 0 Å². The third-order valence-corrected chi connectivity index (χ3v) is 2.90. The van der Waals surface area contributed by atoms with E-state index < -0.39 is 10.0 Å². The molecule has 0 aliphatic rings. The van der Waals surface area contributed by atoms with E-state index in [4.69, 9.17) is 5.14 Å². The second-order valence-corrected chi connectivity index (χ2v) is 4.42. The summed E-state index contributed by atoms with van der Waals surface area (Å²) in [5.41, 5.74) is 0.945. The van der Waals surface area contributed by atoms with Crippen molar-refractivity contribution in [1.29, 1.82) is 0 Å². The Labute approximate surface area is 77.1 Å². The lowest BCUT2D eigenvalue weighted by atomic mass is 10.1. The second-order valence-electron chi connectivity index (χ2n) is 2.92. The van der Waals surface area contributed by atoms with Crippen LogP contribution in [0.5, 0.6) is 5.75 Å². The number of nitrogens with two attached hydrogens (primary N) is 1. The largest absolute Gasteiger partial charge is 0.506 e. The molecule has 4 nitrogen and oxygen atoms in total. The third kappa shape index (κ3) is 1.81. The van der Waals surface area contributed by atoms with Gasteiger partial charge >= 0.3 is 0 Å². The summed E-state index contributed by atoms with van der Waals surface area (Å²) in [5, 5.41) is 14.4. The second kappa shape index (κ2) is 3.01. The molecule has 13 heavy (non-hydrogen) atoms. The topological polar surface area (TPSA) is 80.4 Å². The van der Waals surface area contributed by atoms with Crippen LogP contribution in [-0.4, -0.2) is 13.5 Å². The minimum Gasteiger partial charge on any atom is -0.506 e. The molecule has 0 radical (unpaired) electrons. The van der Waals surface area contributed by atoms with Crippen LogP contribution in [0.3, 0.4) is 0 Å². The average molecular weight is 201 g/mol. The minimum absolute atomic E-state index is 0.187. The zero-order chi connectivity index (χ0) is 10.2. The maximum absolute atomic E-state index is 11.0. The van der Waals surface area contributed by atoms with E-state index >= 15 is 0 Å². The van der Waals surface area contributed by atoms with Gasteiger partial charge in [0.1, 0.15) is 10.6 Å². The highest BCUT2D eigenvalue weighted by atomic mass is 32.2. The number of hydrogen-bond acceptors (Lipinski definition) is 3. The molecule has 0 amide bonds. The summed E-state index contributed by atoms with van der Waals surface area (Å²) < 4.78 is 22.1. The zero-order valence-electron chi connectivity index (χ0n) is 7.40. The minimum atomic E-state index is -3.84. The summed E-state index contributed by atoms with van der Waals surface area (Å²) in [6, 6.07) is 3.24. The third-order valence-electron chi connectivity index (χ3n) is 1.81. The van der Waals surface area contributed by atoms with E-state index in [9.17, 15) is 13.5 Å². The predicted octanol–water partition coefficient (Wildman–Crippen LogP) is 0.656. The van der Waals surface area contributed by atoms with Crippen LogP contribution < -0.4 is 5.14 Å². The SMILES string of the molecule is Cc1ccc(C)c(S(N)(=O)=O)c1O. The van der Waals surface area contributed by atoms with Crippen LogP contribution in [0.1, 0.15) is 11.1 Å². The molecule has 5 heteroatoms. The van der Waals surface area contributed by atoms with Crippen molar-refractivity contribution in [3.63, 3.8) is 0 Å². The van der Waals surface area contributed by atoms with E-state index in [-0.39, 0.29) is 10.6 Å². The lowest BCUT2D eigenvalue weighted by Gasteiger charge is -2.07. The first-order valence-corrected chi connectivity index (χ1v) is 5.20. The highest BCUT2D eigenvalue weighted by Gasteiger charge is 2.17. The number of hydrogen-bond donors (Lipinski definition) is 2. The van der Waals surface area contributed by atoms with E-state index in [0.29, 0.717) is 11.1 Å². The number of phenolic OH excluding ortho intramolecular Hbond substituents is 1. The lowest BCUT2D eigenvalue weighted by Crippen LogP contribution is -2.14. The first-order chi connectivity index (χ1) is 5.84. The van der Waals surface area contributed by atoms with Gasteiger partial charge in [-0.1, -0.05) is 12.1 Å². The van der Waals surface area contributed by atoms with Gasteiger partial charge in [-0.2, -0.15) is 0 Å². The van der Waals surface area contributed by atoms with Crippen molar-refractivity contribution in [3.8, 4) is 5.75 Å². The maximum atomic E-state index is 11.0. The molecule has 72 valence electrons. The molecule has 1 rings (SSSR count). The summed E-state index contributed by atoms with van der Waals surface area (Å²) in [7, 11) is -3.84. The lowest BCUT2D eigenvalue weighted by molar-refractivity contribution is 0.453. The Morgan fingerprint density at radius 2 is 1.69 bits per heavy atom.